The molecule has 28 heavy (non-hydrogen) atoms. The summed E-state index contributed by atoms with van der Waals surface area (Å²) in [7, 11) is 0.360. The van der Waals surface area contributed by atoms with Gasteiger partial charge in [0.1, 0.15) is 5.75 Å². The quantitative estimate of drug-likeness (QED) is 0.725. The summed E-state index contributed by atoms with van der Waals surface area (Å²) >= 11 is 0. The van der Waals surface area contributed by atoms with Crippen LogP contribution in [0, 0.1) is 6.92 Å². The molecule has 0 amide bonds. The lowest BCUT2D eigenvalue weighted by Crippen LogP contribution is -2.49. The number of aryl methyl sites for hydroxylation is 1. The smallest absolute Gasteiger partial charge is 0.243 e. The summed E-state index contributed by atoms with van der Waals surface area (Å²) in [5.74, 6) is 1.48. The van der Waals surface area contributed by atoms with Crippen LogP contribution in [-0.2, 0) is 10.0 Å². The van der Waals surface area contributed by atoms with Gasteiger partial charge in [-0.15, -0.1) is 5.10 Å². The minimum Gasteiger partial charge on any atom is -0.494 e. The molecule has 1 aliphatic rings. The molecule has 0 radical (unpaired) electrons. The summed E-state index contributed by atoms with van der Waals surface area (Å²) in [5, 5.41) is 8.25. The minimum atomic E-state index is -3.54. The molecular weight excluding hydrogens is 378 g/mol. The Balaban J connectivity index is 1.72. The van der Waals surface area contributed by atoms with E-state index in [2.05, 4.69) is 15.1 Å². The second-order valence-electron chi connectivity index (χ2n) is 6.92. The molecule has 1 fully saturated rings. The molecule has 152 valence electrons. The molecule has 2 aromatic rings. The molecule has 0 spiro atoms. The third-order valence-electron chi connectivity index (χ3n) is 4.79. The third-order valence-corrected chi connectivity index (χ3v) is 6.68. The minimum absolute atomic E-state index is 0.302. The largest absolute Gasteiger partial charge is 0.494 e. The van der Waals surface area contributed by atoms with E-state index < -0.39 is 10.0 Å². The van der Waals surface area contributed by atoms with E-state index in [0.29, 0.717) is 43.4 Å². The molecule has 0 unspecified atom stereocenters. The fraction of sp³-hybridized carbons (Fsp3) is 0.474. The monoisotopic (exact) mass is 405 g/mol. The van der Waals surface area contributed by atoms with Gasteiger partial charge in [-0.2, -0.15) is 9.40 Å². The van der Waals surface area contributed by atoms with Gasteiger partial charge in [0.25, 0.3) is 0 Å². The van der Waals surface area contributed by atoms with Crippen molar-refractivity contribution in [1.82, 2.24) is 14.5 Å². The summed E-state index contributed by atoms with van der Waals surface area (Å²) in [6.45, 7) is 6.26. The molecule has 8 nitrogen and oxygen atoms in total. The number of ether oxygens (including phenoxy) is 1. The summed E-state index contributed by atoms with van der Waals surface area (Å²) in [5.41, 5.74) is 1.78. The standard InChI is InChI=1S/C19H27N5O3S/c1-5-27-18-7-6-17(12-15(18)2)28(25,26)24-10-8-23(9-11-24)19-13-16(22(3)4)14-20-21-19/h6-7,12-14H,5,8-11H2,1-4H3. The zero-order chi connectivity index (χ0) is 20.3. The number of hydrogen-bond donors (Lipinski definition) is 0. The Morgan fingerprint density at radius 3 is 2.46 bits per heavy atom. The van der Waals surface area contributed by atoms with Crippen molar-refractivity contribution < 1.29 is 13.2 Å². The van der Waals surface area contributed by atoms with E-state index >= 15 is 0 Å². The first kappa shape index (κ1) is 20.3. The molecule has 0 atom stereocenters. The highest BCUT2D eigenvalue weighted by atomic mass is 32.2. The molecular formula is C19H27N5O3S. The number of rotatable bonds is 6. The van der Waals surface area contributed by atoms with Crippen molar-refractivity contribution in [3.63, 3.8) is 0 Å². The summed E-state index contributed by atoms with van der Waals surface area (Å²) in [6.07, 6.45) is 1.71. The molecule has 1 aliphatic heterocycles. The fourth-order valence-electron chi connectivity index (χ4n) is 3.15. The van der Waals surface area contributed by atoms with Crippen molar-refractivity contribution >= 4 is 21.5 Å². The van der Waals surface area contributed by atoms with Gasteiger partial charge in [0.05, 0.1) is 23.4 Å². The first-order chi connectivity index (χ1) is 13.3. The SMILES string of the molecule is CCOc1ccc(S(=O)(=O)N2CCN(c3cc(N(C)C)cnn3)CC2)cc1C. The Kier molecular flexibility index (Phi) is 6.04. The van der Waals surface area contributed by atoms with Crippen LogP contribution in [0.15, 0.2) is 35.4 Å². The van der Waals surface area contributed by atoms with E-state index in [1.165, 1.54) is 4.31 Å². The number of aromatic nitrogens is 2. The van der Waals surface area contributed by atoms with E-state index in [4.69, 9.17) is 4.74 Å². The Hall–Kier alpha value is -2.39. The predicted molar refractivity (Wildman–Crippen MR) is 110 cm³/mol. The normalized spacial score (nSPS) is 15.5. The molecule has 0 bridgehead atoms. The first-order valence-corrected chi connectivity index (χ1v) is 10.8. The van der Waals surface area contributed by atoms with Crippen molar-refractivity contribution in [3.05, 3.63) is 36.0 Å². The van der Waals surface area contributed by atoms with Crippen molar-refractivity contribution in [2.24, 2.45) is 0 Å². The van der Waals surface area contributed by atoms with Crippen LogP contribution in [0.5, 0.6) is 5.75 Å². The van der Waals surface area contributed by atoms with Crippen molar-refractivity contribution in [2.75, 3.05) is 56.7 Å². The number of benzene rings is 1. The molecule has 3 rings (SSSR count). The highest BCUT2D eigenvalue weighted by molar-refractivity contribution is 7.89. The first-order valence-electron chi connectivity index (χ1n) is 9.31. The highest BCUT2D eigenvalue weighted by Crippen LogP contribution is 2.26. The average molecular weight is 406 g/mol. The van der Waals surface area contributed by atoms with Crippen LogP contribution in [0.1, 0.15) is 12.5 Å². The van der Waals surface area contributed by atoms with E-state index in [1.54, 1.807) is 24.4 Å². The van der Waals surface area contributed by atoms with Gasteiger partial charge in [0.2, 0.25) is 10.0 Å². The number of nitrogens with zero attached hydrogens (tertiary/aromatic N) is 5. The zero-order valence-corrected chi connectivity index (χ0v) is 17.6. The maximum Gasteiger partial charge on any atom is 0.243 e. The maximum atomic E-state index is 13.0. The van der Waals surface area contributed by atoms with Gasteiger partial charge in [-0.1, -0.05) is 0 Å². The third kappa shape index (κ3) is 4.20. The van der Waals surface area contributed by atoms with Gasteiger partial charge in [0.15, 0.2) is 5.82 Å². The van der Waals surface area contributed by atoms with Crippen molar-refractivity contribution in [3.8, 4) is 5.75 Å². The van der Waals surface area contributed by atoms with E-state index in [9.17, 15) is 8.42 Å². The van der Waals surface area contributed by atoms with Gasteiger partial charge in [-0.05, 0) is 37.6 Å². The van der Waals surface area contributed by atoms with E-state index in [1.807, 2.05) is 38.9 Å². The van der Waals surface area contributed by atoms with Crippen LogP contribution < -0.4 is 14.5 Å². The van der Waals surface area contributed by atoms with Gasteiger partial charge in [-0.25, -0.2) is 8.42 Å². The van der Waals surface area contributed by atoms with Gasteiger partial charge in [-0.3, -0.25) is 0 Å². The Bertz CT molecular complexity index is 925. The Morgan fingerprint density at radius 2 is 1.86 bits per heavy atom. The summed E-state index contributed by atoms with van der Waals surface area (Å²) in [6, 6.07) is 6.99. The van der Waals surface area contributed by atoms with Gasteiger partial charge in [0, 0.05) is 46.3 Å². The molecule has 2 heterocycles. The number of hydrogen-bond acceptors (Lipinski definition) is 7. The average Bonchev–Trinajstić information content (AvgIpc) is 2.70. The molecule has 9 heteroatoms. The van der Waals surface area contributed by atoms with Crippen LogP contribution in [0.4, 0.5) is 11.5 Å². The number of sulfonamides is 1. The molecule has 1 aromatic carbocycles. The lowest BCUT2D eigenvalue weighted by atomic mass is 10.2. The fourth-order valence-corrected chi connectivity index (χ4v) is 4.66. The van der Waals surface area contributed by atoms with Crippen molar-refractivity contribution in [1.29, 1.82) is 0 Å². The lowest BCUT2D eigenvalue weighted by molar-refractivity contribution is 0.337. The highest BCUT2D eigenvalue weighted by Gasteiger charge is 2.29. The topological polar surface area (TPSA) is 78.9 Å². The molecule has 1 saturated heterocycles. The molecule has 0 N–H and O–H groups in total. The molecule has 0 saturated carbocycles. The van der Waals surface area contributed by atoms with Gasteiger partial charge >= 0.3 is 0 Å². The van der Waals surface area contributed by atoms with Crippen LogP contribution in [0.2, 0.25) is 0 Å². The Morgan fingerprint density at radius 1 is 1.14 bits per heavy atom. The lowest BCUT2D eigenvalue weighted by Gasteiger charge is -2.34. The van der Waals surface area contributed by atoms with Crippen LogP contribution >= 0.6 is 0 Å². The maximum absolute atomic E-state index is 13.0. The van der Waals surface area contributed by atoms with E-state index in [-0.39, 0.29) is 0 Å². The zero-order valence-electron chi connectivity index (χ0n) is 16.8. The van der Waals surface area contributed by atoms with Crippen LogP contribution in [-0.4, -0.2) is 69.8 Å². The predicted octanol–water partition coefficient (Wildman–Crippen LogP) is 1.76. The van der Waals surface area contributed by atoms with Crippen LogP contribution in [0.25, 0.3) is 0 Å². The van der Waals surface area contributed by atoms with Crippen molar-refractivity contribution in [2.45, 2.75) is 18.7 Å². The van der Waals surface area contributed by atoms with E-state index in [0.717, 1.165) is 17.1 Å². The molecule has 0 aliphatic carbocycles. The summed E-state index contributed by atoms with van der Waals surface area (Å²) in [4.78, 5) is 4.33. The number of anilines is 2. The van der Waals surface area contributed by atoms with Crippen LogP contribution in [0.3, 0.4) is 0 Å². The number of piperazine rings is 1. The second kappa shape index (κ2) is 8.32. The Labute approximate surface area is 166 Å². The second-order valence-corrected chi connectivity index (χ2v) is 8.86. The van der Waals surface area contributed by atoms with Gasteiger partial charge < -0.3 is 14.5 Å². The summed E-state index contributed by atoms with van der Waals surface area (Å²) < 4.78 is 33.1. The molecule has 1 aromatic heterocycles.